The van der Waals surface area contributed by atoms with Gasteiger partial charge in [-0.05, 0) is 37.0 Å². The summed E-state index contributed by atoms with van der Waals surface area (Å²) in [6.07, 6.45) is 2.16. The van der Waals surface area contributed by atoms with Gasteiger partial charge in [-0.15, -0.1) is 0 Å². The normalized spacial score (nSPS) is 15.1. The van der Waals surface area contributed by atoms with Crippen molar-refractivity contribution in [3.05, 3.63) is 40.2 Å². The molecule has 0 saturated carbocycles. The molecule has 1 fully saturated rings. The van der Waals surface area contributed by atoms with Gasteiger partial charge < -0.3 is 14.1 Å². The number of rotatable bonds is 4. The van der Waals surface area contributed by atoms with Crippen LogP contribution in [0.4, 0.5) is 0 Å². The molecule has 1 amide bonds. The van der Waals surface area contributed by atoms with Crippen molar-refractivity contribution in [2.24, 2.45) is 5.92 Å². The van der Waals surface area contributed by atoms with Crippen molar-refractivity contribution in [1.29, 1.82) is 5.26 Å². The van der Waals surface area contributed by atoms with Crippen molar-refractivity contribution in [2.75, 3.05) is 19.7 Å². The summed E-state index contributed by atoms with van der Waals surface area (Å²) < 4.78 is 10.8. The molecule has 0 radical (unpaired) electrons. The molecule has 0 atom stereocenters. The molecule has 1 aromatic carbocycles. The number of nitriles is 1. The van der Waals surface area contributed by atoms with Gasteiger partial charge in [0.05, 0.1) is 6.07 Å². The van der Waals surface area contributed by atoms with E-state index in [-0.39, 0.29) is 18.4 Å². The molecule has 25 heavy (non-hydrogen) atoms. The number of carbonyl (C=O) groups excluding carboxylic acids is 1. The second kappa shape index (κ2) is 7.39. The van der Waals surface area contributed by atoms with Gasteiger partial charge >= 0.3 is 5.63 Å². The van der Waals surface area contributed by atoms with Gasteiger partial charge in [0.15, 0.2) is 6.61 Å². The van der Waals surface area contributed by atoms with E-state index in [2.05, 4.69) is 6.07 Å². The van der Waals surface area contributed by atoms with Crippen LogP contribution in [0.15, 0.2) is 33.5 Å². The maximum Gasteiger partial charge on any atom is 0.336 e. The van der Waals surface area contributed by atoms with E-state index in [1.807, 2.05) is 13.0 Å². The average Bonchev–Trinajstić information content (AvgIpc) is 2.65. The Hall–Kier alpha value is -2.81. The van der Waals surface area contributed by atoms with Crippen LogP contribution in [0.25, 0.3) is 11.0 Å². The number of carbonyl (C=O) groups is 1. The van der Waals surface area contributed by atoms with E-state index in [0.717, 1.165) is 17.4 Å². The van der Waals surface area contributed by atoms with Gasteiger partial charge in [0.1, 0.15) is 11.3 Å². The third kappa shape index (κ3) is 3.82. The highest BCUT2D eigenvalue weighted by atomic mass is 16.5. The molecule has 1 aromatic heterocycles. The summed E-state index contributed by atoms with van der Waals surface area (Å²) in [5, 5.41) is 9.78. The molecular formula is C19H20N2O4. The molecule has 2 heterocycles. The van der Waals surface area contributed by atoms with E-state index >= 15 is 0 Å². The molecule has 2 aromatic rings. The van der Waals surface area contributed by atoms with E-state index in [4.69, 9.17) is 14.4 Å². The molecule has 0 unspecified atom stereocenters. The second-order valence-corrected chi connectivity index (χ2v) is 6.18. The van der Waals surface area contributed by atoms with Crippen LogP contribution in [0.3, 0.4) is 0 Å². The van der Waals surface area contributed by atoms with Crippen LogP contribution in [0.2, 0.25) is 0 Å². The Morgan fingerprint density at radius 1 is 1.36 bits per heavy atom. The van der Waals surface area contributed by atoms with Gasteiger partial charge in [0, 0.05) is 36.5 Å². The number of benzene rings is 1. The monoisotopic (exact) mass is 340 g/mol. The van der Waals surface area contributed by atoms with Gasteiger partial charge in [-0.3, -0.25) is 4.79 Å². The van der Waals surface area contributed by atoms with Crippen molar-refractivity contribution >= 4 is 16.9 Å². The molecule has 0 aliphatic carbocycles. The van der Waals surface area contributed by atoms with Gasteiger partial charge in [0.25, 0.3) is 5.91 Å². The zero-order valence-electron chi connectivity index (χ0n) is 14.2. The summed E-state index contributed by atoms with van der Waals surface area (Å²) >= 11 is 0. The van der Waals surface area contributed by atoms with Crippen molar-refractivity contribution < 1.29 is 13.9 Å². The first-order chi connectivity index (χ1) is 12.1. The highest BCUT2D eigenvalue weighted by Gasteiger charge is 2.22. The number of ether oxygens (including phenoxy) is 1. The Bertz CT molecular complexity index is 873. The van der Waals surface area contributed by atoms with Crippen LogP contribution in [-0.2, 0) is 11.2 Å². The summed E-state index contributed by atoms with van der Waals surface area (Å²) in [6.45, 7) is 3.09. The second-order valence-electron chi connectivity index (χ2n) is 6.18. The first kappa shape index (κ1) is 17.0. The standard InChI is InChI=1S/C19H20N2O4/c1-2-14-9-19(23)25-17-10-15(3-4-16(14)17)24-12-18(22)21-7-5-13(11-20)6-8-21/h3-4,9-10,13H,2,5-8,12H2,1H3. The van der Waals surface area contributed by atoms with Crippen LogP contribution in [0, 0.1) is 17.2 Å². The molecule has 0 spiro atoms. The lowest BCUT2D eigenvalue weighted by molar-refractivity contribution is -0.134. The smallest absolute Gasteiger partial charge is 0.336 e. The molecule has 1 aliphatic rings. The SMILES string of the molecule is CCc1cc(=O)oc2cc(OCC(=O)N3CCC(C#N)CC3)ccc12. The third-order valence-electron chi connectivity index (χ3n) is 4.58. The van der Waals surface area contributed by atoms with Gasteiger partial charge in [-0.2, -0.15) is 5.26 Å². The maximum atomic E-state index is 12.2. The fourth-order valence-corrected chi connectivity index (χ4v) is 3.09. The number of amides is 1. The van der Waals surface area contributed by atoms with E-state index in [1.54, 1.807) is 17.0 Å². The van der Waals surface area contributed by atoms with Crippen LogP contribution in [0.5, 0.6) is 5.75 Å². The van der Waals surface area contributed by atoms with Crippen LogP contribution in [-0.4, -0.2) is 30.5 Å². The topological polar surface area (TPSA) is 83.5 Å². The maximum absolute atomic E-state index is 12.2. The molecule has 0 N–H and O–H groups in total. The number of nitrogens with zero attached hydrogens (tertiary/aromatic N) is 2. The van der Waals surface area contributed by atoms with E-state index < -0.39 is 5.63 Å². The lowest BCUT2D eigenvalue weighted by Gasteiger charge is -2.29. The summed E-state index contributed by atoms with van der Waals surface area (Å²) in [5.74, 6) is 0.436. The van der Waals surface area contributed by atoms with Crippen molar-refractivity contribution in [3.63, 3.8) is 0 Å². The fourth-order valence-electron chi connectivity index (χ4n) is 3.09. The van der Waals surface area contributed by atoms with Gasteiger partial charge in [-0.25, -0.2) is 4.79 Å². The summed E-state index contributed by atoms with van der Waals surface area (Å²) in [5.41, 5.74) is 0.997. The summed E-state index contributed by atoms with van der Waals surface area (Å²) in [4.78, 5) is 25.6. The Morgan fingerprint density at radius 3 is 2.80 bits per heavy atom. The molecule has 6 heteroatoms. The summed E-state index contributed by atoms with van der Waals surface area (Å²) in [6, 6.07) is 9.01. The number of piperidine rings is 1. The van der Waals surface area contributed by atoms with E-state index in [0.29, 0.717) is 37.3 Å². The largest absolute Gasteiger partial charge is 0.484 e. The van der Waals surface area contributed by atoms with E-state index in [9.17, 15) is 9.59 Å². The van der Waals surface area contributed by atoms with Gasteiger partial charge in [-0.1, -0.05) is 6.92 Å². The van der Waals surface area contributed by atoms with Crippen LogP contribution in [0.1, 0.15) is 25.3 Å². The van der Waals surface area contributed by atoms with Crippen molar-refractivity contribution in [3.8, 4) is 11.8 Å². The Labute approximate surface area is 145 Å². The molecule has 3 rings (SSSR count). The Kier molecular flexibility index (Phi) is 5.03. The number of aryl methyl sites for hydroxylation is 1. The molecule has 1 saturated heterocycles. The zero-order chi connectivity index (χ0) is 17.8. The minimum Gasteiger partial charge on any atom is -0.484 e. The minimum absolute atomic E-state index is 0.0427. The number of fused-ring (bicyclic) bond motifs is 1. The number of likely N-dealkylation sites (tertiary alicyclic amines) is 1. The highest BCUT2D eigenvalue weighted by Crippen LogP contribution is 2.23. The predicted molar refractivity (Wildman–Crippen MR) is 92.3 cm³/mol. The Balaban J connectivity index is 1.66. The lowest BCUT2D eigenvalue weighted by atomic mass is 9.99. The predicted octanol–water partition coefficient (Wildman–Crippen LogP) is 2.50. The molecular weight excluding hydrogens is 320 g/mol. The fraction of sp³-hybridized carbons (Fsp3) is 0.421. The third-order valence-corrected chi connectivity index (χ3v) is 4.58. The van der Waals surface area contributed by atoms with Crippen LogP contribution >= 0.6 is 0 Å². The average molecular weight is 340 g/mol. The Morgan fingerprint density at radius 2 is 2.12 bits per heavy atom. The molecule has 0 bridgehead atoms. The molecule has 130 valence electrons. The van der Waals surface area contributed by atoms with Crippen LogP contribution < -0.4 is 10.4 Å². The van der Waals surface area contributed by atoms with Crippen molar-refractivity contribution in [2.45, 2.75) is 26.2 Å². The summed E-state index contributed by atoms with van der Waals surface area (Å²) in [7, 11) is 0. The zero-order valence-corrected chi connectivity index (χ0v) is 14.2. The highest BCUT2D eigenvalue weighted by molar-refractivity contribution is 5.82. The van der Waals surface area contributed by atoms with Gasteiger partial charge in [0.2, 0.25) is 0 Å². The molecule has 6 nitrogen and oxygen atoms in total. The lowest BCUT2D eigenvalue weighted by Crippen LogP contribution is -2.40. The van der Waals surface area contributed by atoms with Crippen molar-refractivity contribution in [1.82, 2.24) is 4.90 Å². The first-order valence-electron chi connectivity index (χ1n) is 8.47. The number of hydrogen-bond donors (Lipinski definition) is 0. The minimum atomic E-state index is -0.391. The first-order valence-corrected chi connectivity index (χ1v) is 8.47. The van der Waals surface area contributed by atoms with E-state index in [1.165, 1.54) is 6.07 Å². The quantitative estimate of drug-likeness (QED) is 0.799. The molecule has 1 aliphatic heterocycles. The number of hydrogen-bond acceptors (Lipinski definition) is 5.